The van der Waals surface area contributed by atoms with Gasteiger partial charge in [0.2, 0.25) is 0 Å². The Balaban J connectivity index is 1.86. The molecule has 1 aliphatic heterocycles. The molecule has 1 amide bonds. The van der Waals surface area contributed by atoms with E-state index in [0.717, 1.165) is 36.6 Å². The molecule has 7 heteroatoms. The topological polar surface area (TPSA) is 70.1 Å². The summed E-state index contributed by atoms with van der Waals surface area (Å²) >= 11 is 1.37. The van der Waals surface area contributed by atoms with Crippen molar-refractivity contribution in [2.75, 3.05) is 40.3 Å². The van der Waals surface area contributed by atoms with Crippen LogP contribution in [-0.4, -0.2) is 67.4 Å². The van der Waals surface area contributed by atoms with Crippen LogP contribution in [0.3, 0.4) is 0 Å². The summed E-state index contributed by atoms with van der Waals surface area (Å²) in [6.07, 6.45) is 0.589. The van der Waals surface area contributed by atoms with Gasteiger partial charge >= 0.3 is 0 Å². The van der Waals surface area contributed by atoms with Gasteiger partial charge in [0.25, 0.3) is 5.91 Å². The van der Waals surface area contributed by atoms with E-state index in [0.29, 0.717) is 11.2 Å². The molecule has 0 saturated carbocycles. The zero-order valence-electron chi connectivity index (χ0n) is 14.2. The van der Waals surface area contributed by atoms with Gasteiger partial charge in [0.05, 0.1) is 17.6 Å². The van der Waals surface area contributed by atoms with E-state index in [1.807, 2.05) is 18.0 Å². The van der Waals surface area contributed by atoms with Crippen molar-refractivity contribution in [3.8, 4) is 21.9 Å². The van der Waals surface area contributed by atoms with Crippen LogP contribution in [-0.2, 0) is 0 Å². The van der Waals surface area contributed by atoms with E-state index in [2.05, 4.69) is 4.90 Å². The average molecular weight is 360 g/mol. The number of phenols is 1. The van der Waals surface area contributed by atoms with Gasteiger partial charge in [0.15, 0.2) is 17.8 Å². The Kier molecular flexibility index (Phi) is 5.06. The molecule has 1 aromatic heterocycles. The van der Waals surface area contributed by atoms with Crippen LogP contribution >= 0.6 is 11.3 Å². The first-order chi connectivity index (χ1) is 12.0. The van der Waals surface area contributed by atoms with E-state index in [1.54, 1.807) is 18.2 Å². The number of phenolic OH excluding ortho intramolecular Hbond substituents is 1. The molecule has 1 fully saturated rings. The van der Waals surface area contributed by atoms with Gasteiger partial charge in [-0.1, -0.05) is 0 Å². The number of likely N-dealkylation sites (N-methyl/N-ethyl adjacent to an activating group) is 1. The highest BCUT2D eigenvalue weighted by Crippen LogP contribution is 2.37. The summed E-state index contributed by atoms with van der Waals surface area (Å²) in [5.74, 6) is 0.0946. The summed E-state index contributed by atoms with van der Waals surface area (Å²) in [5, 5.41) is 9.93. The normalized spacial score (nSPS) is 15.2. The van der Waals surface area contributed by atoms with Gasteiger partial charge in [-0.05, 0) is 36.9 Å². The first-order valence-corrected chi connectivity index (χ1v) is 8.79. The van der Waals surface area contributed by atoms with Crippen molar-refractivity contribution in [1.29, 1.82) is 0 Å². The van der Waals surface area contributed by atoms with E-state index in [1.165, 1.54) is 18.4 Å². The Morgan fingerprint density at radius 3 is 2.60 bits per heavy atom. The van der Waals surface area contributed by atoms with Gasteiger partial charge in [0.1, 0.15) is 0 Å². The van der Waals surface area contributed by atoms with Crippen LogP contribution in [0.5, 0.6) is 11.5 Å². The zero-order valence-corrected chi connectivity index (χ0v) is 15.0. The fourth-order valence-corrected chi connectivity index (χ4v) is 3.75. The van der Waals surface area contributed by atoms with Gasteiger partial charge in [0, 0.05) is 31.1 Å². The van der Waals surface area contributed by atoms with E-state index in [-0.39, 0.29) is 23.0 Å². The van der Waals surface area contributed by atoms with Crippen molar-refractivity contribution < 1.29 is 19.4 Å². The van der Waals surface area contributed by atoms with Crippen molar-refractivity contribution in [1.82, 2.24) is 9.80 Å². The summed E-state index contributed by atoms with van der Waals surface area (Å²) in [6, 6.07) is 6.92. The van der Waals surface area contributed by atoms with Gasteiger partial charge < -0.3 is 19.6 Å². The second-order valence-electron chi connectivity index (χ2n) is 5.99. The third-order valence-corrected chi connectivity index (χ3v) is 5.47. The van der Waals surface area contributed by atoms with E-state index in [9.17, 15) is 14.7 Å². The predicted molar refractivity (Wildman–Crippen MR) is 96.8 cm³/mol. The molecule has 132 valence electrons. The highest BCUT2D eigenvalue weighted by molar-refractivity contribution is 7.17. The van der Waals surface area contributed by atoms with Gasteiger partial charge in [-0.25, -0.2) is 0 Å². The summed E-state index contributed by atoms with van der Waals surface area (Å²) in [5.41, 5.74) is 0.897. The third kappa shape index (κ3) is 3.52. The third-order valence-electron chi connectivity index (χ3n) is 4.34. The van der Waals surface area contributed by atoms with Crippen LogP contribution in [0, 0.1) is 0 Å². The molecule has 0 spiro atoms. The lowest BCUT2D eigenvalue weighted by Crippen LogP contribution is -2.46. The number of ether oxygens (including phenoxy) is 1. The molecule has 2 aromatic rings. The van der Waals surface area contributed by atoms with Gasteiger partial charge in [-0.15, -0.1) is 11.3 Å². The fraction of sp³-hybridized carbons (Fsp3) is 0.333. The second kappa shape index (κ2) is 7.25. The molecule has 6 nitrogen and oxygen atoms in total. The molecule has 1 saturated heterocycles. The van der Waals surface area contributed by atoms with Crippen LogP contribution in [0.4, 0.5) is 0 Å². The maximum Gasteiger partial charge on any atom is 0.264 e. The molecule has 2 heterocycles. The molecule has 1 N–H and O–H groups in total. The second-order valence-corrected chi connectivity index (χ2v) is 7.08. The number of carbonyl (C=O) groups is 2. The smallest absolute Gasteiger partial charge is 0.264 e. The van der Waals surface area contributed by atoms with Crippen LogP contribution in [0.25, 0.3) is 10.4 Å². The molecule has 25 heavy (non-hydrogen) atoms. The number of methoxy groups -OCH3 is 1. The van der Waals surface area contributed by atoms with Crippen LogP contribution in [0.2, 0.25) is 0 Å². The van der Waals surface area contributed by atoms with Crippen molar-refractivity contribution in [2.45, 2.75) is 0 Å². The summed E-state index contributed by atoms with van der Waals surface area (Å²) in [7, 11) is 3.48. The Hall–Kier alpha value is -2.38. The summed E-state index contributed by atoms with van der Waals surface area (Å²) in [6.45, 7) is 3.21. The number of carbonyl (C=O) groups excluding carboxylic acids is 2. The minimum atomic E-state index is -0.174. The molecular formula is C18H20N2O4S. The summed E-state index contributed by atoms with van der Waals surface area (Å²) in [4.78, 5) is 29.4. The van der Waals surface area contributed by atoms with Crippen LogP contribution in [0.15, 0.2) is 24.3 Å². The number of benzene rings is 1. The van der Waals surface area contributed by atoms with Crippen molar-refractivity contribution in [3.63, 3.8) is 0 Å². The van der Waals surface area contributed by atoms with Crippen molar-refractivity contribution in [3.05, 3.63) is 34.7 Å². The quantitative estimate of drug-likeness (QED) is 0.848. The molecule has 1 aromatic carbocycles. The molecule has 3 rings (SSSR count). The van der Waals surface area contributed by atoms with E-state index < -0.39 is 0 Å². The Labute approximate surface area is 150 Å². The van der Waals surface area contributed by atoms with Crippen molar-refractivity contribution >= 4 is 23.5 Å². The van der Waals surface area contributed by atoms with Crippen LogP contribution in [0.1, 0.15) is 20.0 Å². The Morgan fingerprint density at radius 1 is 1.24 bits per heavy atom. The average Bonchev–Trinajstić information content (AvgIpc) is 3.12. The molecule has 0 aliphatic carbocycles. The molecule has 0 bridgehead atoms. The largest absolute Gasteiger partial charge is 0.504 e. The predicted octanol–water partition coefficient (Wildman–Crippen LogP) is 2.33. The first kappa shape index (κ1) is 17.4. The van der Waals surface area contributed by atoms with E-state index in [4.69, 9.17) is 4.74 Å². The number of aldehydes is 1. The van der Waals surface area contributed by atoms with Crippen molar-refractivity contribution in [2.24, 2.45) is 0 Å². The number of rotatable bonds is 4. The number of hydrogen-bond donors (Lipinski definition) is 1. The molecule has 0 unspecified atom stereocenters. The van der Waals surface area contributed by atoms with Gasteiger partial charge in [-0.2, -0.15) is 0 Å². The number of hydrogen-bond acceptors (Lipinski definition) is 6. The standard InChI is InChI=1S/C18H20N2O4S/c1-19-5-7-20(8-6-19)18(23)16-4-3-15(25-16)12-9-13(11-21)17(22)14(10-12)24-2/h3-4,9-11,22H,5-8H2,1-2H3. The summed E-state index contributed by atoms with van der Waals surface area (Å²) < 4.78 is 5.13. The highest BCUT2D eigenvalue weighted by atomic mass is 32.1. The highest BCUT2D eigenvalue weighted by Gasteiger charge is 2.22. The fourth-order valence-electron chi connectivity index (χ4n) is 2.79. The van der Waals surface area contributed by atoms with Gasteiger partial charge in [-0.3, -0.25) is 9.59 Å². The molecular weight excluding hydrogens is 340 g/mol. The lowest BCUT2D eigenvalue weighted by atomic mass is 10.1. The van der Waals surface area contributed by atoms with Crippen LogP contribution < -0.4 is 4.74 Å². The number of nitrogens with zero attached hydrogens (tertiary/aromatic N) is 2. The monoisotopic (exact) mass is 360 g/mol. The molecule has 1 aliphatic rings. The number of thiophene rings is 1. The lowest BCUT2D eigenvalue weighted by molar-refractivity contribution is 0.0669. The SMILES string of the molecule is COc1cc(-c2ccc(C(=O)N3CCN(C)CC3)s2)cc(C=O)c1O. The number of amides is 1. The Bertz CT molecular complexity index is 794. The maximum absolute atomic E-state index is 12.6. The molecule has 0 radical (unpaired) electrons. The Morgan fingerprint density at radius 2 is 1.96 bits per heavy atom. The number of aromatic hydroxyl groups is 1. The minimum absolute atomic E-state index is 0.0331. The lowest BCUT2D eigenvalue weighted by Gasteiger charge is -2.32. The zero-order chi connectivity index (χ0) is 18.0. The molecule has 0 atom stereocenters. The minimum Gasteiger partial charge on any atom is -0.504 e. The maximum atomic E-state index is 12.6. The van der Waals surface area contributed by atoms with E-state index >= 15 is 0 Å². The first-order valence-electron chi connectivity index (χ1n) is 7.97. The number of piperazine rings is 1.